The first-order valence-electron chi connectivity index (χ1n) is 7.07. The molecule has 2 unspecified atom stereocenters. The van der Waals surface area contributed by atoms with Gasteiger partial charge in [-0.25, -0.2) is 4.79 Å². The molecule has 1 aliphatic rings. The fourth-order valence-electron chi connectivity index (χ4n) is 2.64. The smallest absolute Gasteiger partial charge is 0.315 e. The first-order chi connectivity index (χ1) is 8.78. The van der Waals surface area contributed by atoms with Crippen molar-refractivity contribution in [1.29, 1.82) is 0 Å². The van der Waals surface area contributed by atoms with Crippen LogP contribution in [0.25, 0.3) is 0 Å². The summed E-state index contributed by atoms with van der Waals surface area (Å²) >= 11 is 0. The SMILES string of the molecule is CC(CCCC(=O)O)NC(=O)NC1CCC(C)(C)C1. The van der Waals surface area contributed by atoms with Crippen molar-refractivity contribution in [1.82, 2.24) is 10.6 Å². The molecular weight excluding hydrogens is 244 g/mol. The standard InChI is InChI=1S/C14H26N2O3/c1-10(5-4-6-12(17)18)15-13(19)16-11-7-8-14(2,3)9-11/h10-11H,4-9H2,1-3H3,(H,17,18)(H2,15,16,19). The van der Waals surface area contributed by atoms with E-state index in [4.69, 9.17) is 5.11 Å². The van der Waals surface area contributed by atoms with E-state index < -0.39 is 5.97 Å². The Balaban J connectivity index is 2.18. The summed E-state index contributed by atoms with van der Waals surface area (Å²) in [6, 6.07) is 0.139. The van der Waals surface area contributed by atoms with E-state index in [1.165, 1.54) is 0 Å². The molecule has 0 bridgehead atoms. The second-order valence-electron chi connectivity index (χ2n) is 6.41. The van der Waals surface area contributed by atoms with Crippen LogP contribution >= 0.6 is 0 Å². The summed E-state index contributed by atoms with van der Waals surface area (Å²) in [4.78, 5) is 22.2. The molecule has 2 atom stereocenters. The number of carboxylic acid groups (broad SMARTS) is 1. The highest BCUT2D eigenvalue weighted by Gasteiger charge is 2.31. The van der Waals surface area contributed by atoms with Crippen LogP contribution in [0.1, 0.15) is 59.3 Å². The van der Waals surface area contributed by atoms with E-state index in [-0.39, 0.29) is 24.5 Å². The summed E-state index contributed by atoms with van der Waals surface area (Å²) in [5.41, 5.74) is 0.324. The highest BCUT2D eigenvalue weighted by molar-refractivity contribution is 5.74. The molecule has 0 spiro atoms. The number of carbonyl (C=O) groups excluding carboxylic acids is 1. The zero-order valence-corrected chi connectivity index (χ0v) is 12.2. The molecule has 5 heteroatoms. The molecule has 1 fully saturated rings. The molecule has 0 aromatic carbocycles. The van der Waals surface area contributed by atoms with E-state index in [1.54, 1.807) is 0 Å². The summed E-state index contributed by atoms with van der Waals surface area (Å²) in [7, 11) is 0. The zero-order valence-electron chi connectivity index (χ0n) is 12.2. The molecule has 2 amide bonds. The van der Waals surface area contributed by atoms with Crippen molar-refractivity contribution in [3.63, 3.8) is 0 Å². The van der Waals surface area contributed by atoms with Gasteiger partial charge in [-0.05, 0) is 44.4 Å². The molecule has 5 nitrogen and oxygen atoms in total. The topological polar surface area (TPSA) is 78.4 Å². The fourth-order valence-corrected chi connectivity index (χ4v) is 2.64. The van der Waals surface area contributed by atoms with Crippen LogP contribution in [-0.2, 0) is 4.79 Å². The third-order valence-electron chi connectivity index (χ3n) is 3.71. The van der Waals surface area contributed by atoms with Crippen molar-refractivity contribution in [2.75, 3.05) is 0 Å². The van der Waals surface area contributed by atoms with E-state index in [1.807, 2.05) is 6.92 Å². The highest BCUT2D eigenvalue weighted by atomic mass is 16.4. The van der Waals surface area contributed by atoms with Gasteiger partial charge in [0.2, 0.25) is 0 Å². The van der Waals surface area contributed by atoms with Gasteiger partial charge in [0.05, 0.1) is 0 Å². The molecule has 0 heterocycles. The Labute approximate surface area is 115 Å². The highest BCUT2D eigenvalue weighted by Crippen LogP contribution is 2.36. The van der Waals surface area contributed by atoms with Gasteiger partial charge < -0.3 is 15.7 Å². The van der Waals surface area contributed by atoms with Gasteiger partial charge >= 0.3 is 12.0 Å². The lowest BCUT2D eigenvalue weighted by atomic mass is 9.92. The average molecular weight is 270 g/mol. The first kappa shape index (κ1) is 15.8. The van der Waals surface area contributed by atoms with Gasteiger partial charge in [-0.15, -0.1) is 0 Å². The molecule has 1 aliphatic carbocycles. The van der Waals surface area contributed by atoms with Crippen molar-refractivity contribution in [3.05, 3.63) is 0 Å². The second-order valence-corrected chi connectivity index (χ2v) is 6.41. The lowest BCUT2D eigenvalue weighted by Gasteiger charge is -2.19. The van der Waals surface area contributed by atoms with Crippen LogP contribution in [0.5, 0.6) is 0 Å². The number of carbonyl (C=O) groups is 2. The summed E-state index contributed by atoms with van der Waals surface area (Å²) in [5.74, 6) is -0.787. The molecular formula is C14H26N2O3. The normalized spacial score (nSPS) is 22.8. The maximum atomic E-state index is 11.8. The Morgan fingerprint density at radius 3 is 2.63 bits per heavy atom. The van der Waals surface area contributed by atoms with Crippen molar-refractivity contribution in [2.24, 2.45) is 5.41 Å². The summed E-state index contributed by atoms with van der Waals surface area (Å²) in [5, 5.41) is 14.4. The van der Waals surface area contributed by atoms with Crippen LogP contribution in [0, 0.1) is 5.41 Å². The van der Waals surface area contributed by atoms with Gasteiger partial charge in [0, 0.05) is 18.5 Å². The monoisotopic (exact) mass is 270 g/mol. The minimum absolute atomic E-state index is 0.00811. The molecule has 110 valence electrons. The summed E-state index contributed by atoms with van der Waals surface area (Å²) < 4.78 is 0. The predicted molar refractivity (Wildman–Crippen MR) is 74.0 cm³/mol. The lowest BCUT2D eigenvalue weighted by Crippen LogP contribution is -2.44. The van der Waals surface area contributed by atoms with Gasteiger partial charge in [0.15, 0.2) is 0 Å². The molecule has 3 N–H and O–H groups in total. The third kappa shape index (κ3) is 6.45. The van der Waals surface area contributed by atoms with E-state index in [2.05, 4.69) is 24.5 Å². The molecule has 0 aromatic heterocycles. The molecule has 1 rings (SSSR count). The number of hydrogen-bond donors (Lipinski definition) is 3. The average Bonchev–Trinajstić information content (AvgIpc) is 2.56. The van der Waals surface area contributed by atoms with Crippen molar-refractivity contribution in [2.45, 2.75) is 71.4 Å². The van der Waals surface area contributed by atoms with Crippen LogP contribution in [0.3, 0.4) is 0 Å². The van der Waals surface area contributed by atoms with Crippen LogP contribution in [0.2, 0.25) is 0 Å². The van der Waals surface area contributed by atoms with Crippen LogP contribution in [0.4, 0.5) is 4.79 Å². The van der Waals surface area contributed by atoms with Crippen molar-refractivity contribution in [3.8, 4) is 0 Å². The van der Waals surface area contributed by atoms with Crippen LogP contribution < -0.4 is 10.6 Å². The van der Waals surface area contributed by atoms with E-state index in [0.29, 0.717) is 18.3 Å². The first-order valence-corrected chi connectivity index (χ1v) is 7.07. The Hall–Kier alpha value is -1.26. The maximum Gasteiger partial charge on any atom is 0.315 e. The number of rotatable bonds is 6. The number of urea groups is 1. The third-order valence-corrected chi connectivity index (χ3v) is 3.71. The van der Waals surface area contributed by atoms with Gasteiger partial charge in [-0.1, -0.05) is 13.8 Å². The zero-order chi connectivity index (χ0) is 14.5. The van der Waals surface area contributed by atoms with Gasteiger partial charge in [0.1, 0.15) is 0 Å². The number of nitrogens with one attached hydrogen (secondary N) is 2. The van der Waals surface area contributed by atoms with E-state index in [9.17, 15) is 9.59 Å². The minimum atomic E-state index is -0.787. The van der Waals surface area contributed by atoms with Crippen molar-refractivity contribution >= 4 is 12.0 Å². The quantitative estimate of drug-likeness (QED) is 0.694. The Bertz CT molecular complexity index is 329. The van der Waals surface area contributed by atoms with Crippen molar-refractivity contribution < 1.29 is 14.7 Å². The molecule has 0 aliphatic heterocycles. The number of hydrogen-bond acceptors (Lipinski definition) is 2. The second kappa shape index (κ2) is 6.78. The van der Waals surface area contributed by atoms with E-state index in [0.717, 1.165) is 19.3 Å². The molecule has 0 radical (unpaired) electrons. The summed E-state index contributed by atoms with van der Waals surface area (Å²) in [6.07, 6.45) is 4.64. The fraction of sp³-hybridized carbons (Fsp3) is 0.857. The Morgan fingerprint density at radius 2 is 2.11 bits per heavy atom. The maximum absolute atomic E-state index is 11.8. The van der Waals surface area contributed by atoms with Gasteiger partial charge in [-0.2, -0.15) is 0 Å². The molecule has 0 saturated heterocycles. The summed E-state index contributed by atoms with van der Waals surface area (Å²) in [6.45, 7) is 6.35. The molecule has 1 saturated carbocycles. The largest absolute Gasteiger partial charge is 0.481 e. The number of amides is 2. The Morgan fingerprint density at radius 1 is 1.42 bits per heavy atom. The van der Waals surface area contributed by atoms with Crippen LogP contribution in [0.15, 0.2) is 0 Å². The minimum Gasteiger partial charge on any atom is -0.481 e. The molecule has 0 aromatic rings. The Kier molecular flexibility index (Phi) is 5.63. The number of aliphatic carboxylic acids is 1. The van der Waals surface area contributed by atoms with Crippen LogP contribution in [-0.4, -0.2) is 29.2 Å². The number of carboxylic acids is 1. The van der Waals surface area contributed by atoms with Gasteiger partial charge in [0.25, 0.3) is 0 Å². The predicted octanol–water partition coefficient (Wildman–Crippen LogP) is 2.51. The van der Waals surface area contributed by atoms with E-state index >= 15 is 0 Å². The molecule has 19 heavy (non-hydrogen) atoms. The van der Waals surface area contributed by atoms with Gasteiger partial charge in [-0.3, -0.25) is 4.79 Å². The lowest BCUT2D eigenvalue weighted by molar-refractivity contribution is -0.137.